The molecule has 0 aliphatic carbocycles. The van der Waals surface area contributed by atoms with Crippen LogP contribution in [0.15, 0.2) is 0 Å². The van der Waals surface area contributed by atoms with Gasteiger partial charge in [-0.25, -0.2) is 0 Å². The highest BCUT2D eigenvalue weighted by molar-refractivity contribution is 8.00. The zero-order valence-electron chi connectivity index (χ0n) is 13.3. The standard InChI is InChI=1S/C16H34O2S/c1-5-7-9-15(17)11-13(3)19-14(4)12-16(18)10-8-6-2/h13-18H,5-12H2,1-4H3. The Morgan fingerprint density at radius 2 is 1.16 bits per heavy atom. The lowest BCUT2D eigenvalue weighted by molar-refractivity contribution is 0.150. The second kappa shape index (κ2) is 12.0. The first-order valence-electron chi connectivity index (χ1n) is 8.01. The molecule has 4 atom stereocenters. The molecule has 0 fully saturated rings. The monoisotopic (exact) mass is 290 g/mol. The summed E-state index contributed by atoms with van der Waals surface area (Å²) in [5, 5.41) is 20.7. The average Bonchev–Trinajstić information content (AvgIpc) is 2.33. The molecule has 0 aliphatic heterocycles. The molecule has 0 radical (unpaired) electrons. The van der Waals surface area contributed by atoms with Gasteiger partial charge in [0, 0.05) is 10.5 Å². The van der Waals surface area contributed by atoms with Gasteiger partial charge in [0.2, 0.25) is 0 Å². The molecule has 0 heterocycles. The van der Waals surface area contributed by atoms with Crippen LogP contribution in [0.2, 0.25) is 0 Å². The molecule has 19 heavy (non-hydrogen) atoms. The fraction of sp³-hybridized carbons (Fsp3) is 1.00. The molecular weight excluding hydrogens is 256 g/mol. The van der Waals surface area contributed by atoms with Crippen LogP contribution in [0, 0.1) is 0 Å². The minimum atomic E-state index is -0.153. The number of aliphatic hydroxyl groups excluding tert-OH is 2. The maximum Gasteiger partial charge on any atom is 0.0550 e. The summed E-state index contributed by atoms with van der Waals surface area (Å²) in [5.41, 5.74) is 0. The topological polar surface area (TPSA) is 40.5 Å². The maximum atomic E-state index is 9.90. The summed E-state index contributed by atoms with van der Waals surface area (Å²) in [6.07, 6.45) is 7.83. The number of hydrogen-bond donors (Lipinski definition) is 2. The van der Waals surface area contributed by atoms with Crippen LogP contribution < -0.4 is 0 Å². The Labute approximate surface area is 124 Å². The van der Waals surface area contributed by atoms with Crippen LogP contribution in [0.4, 0.5) is 0 Å². The van der Waals surface area contributed by atoms with Crippen LogP contribution in [-0.2, 0) is 0 Å². The molecule has 2 nitrogen and oxygen atoms in total. The average molecular weight is 291 g/mol. The summed E-state index contributed by atoms with van der Waals surface area (Å²) in [6.45, 7) is 8.69. The molecule has 3 heteroatoms. The van der Waals surface area contributed by atoms with E-state index in [2.05, 4.69) is 27.7 Å². The Bertz CT molecular complexity index is 179. The minimum Gasteiger partial charge on any atom is -0.393 e. The fourth-order valence-corrected chi connectivity index (χ4v) is 3.85. The van der Waals surface area contributed by atoms with Crippen molar-refractivity contribution in [3.8, 4) is 0 Å². The third kappa shape index (κ3) is 11.8. The molecule has 116 valence electrons. The molecule has 0 aliphatic rings. The number of unbranched alkanes of at least 4 members (excludes halogenated alkanes) is 2. The number of rotatable bonds is 12. The van der Waals surface area contributed by atoms with Crippen molar-refractivity contribution in [2.75, 3.05) is 0 Å². The van der Waals surface area contributed by atoms with E-state index in [4.69, 9.17) is 0 Å². The van der Waals surface area contributed by atoms with Gasteiger partial charge in [-0.1, -0.05) is 53.4 Å². The quantitative estimate of drug-likeness (QED) is 0.560. The van der Waals surface area contributed by atoms with Crippen molar-refractivity contribution in [3.63, 3.8) is 0 Å². The zero-order chi connectivity index (χ0) is 14.7. The Morgan fingerprint density at radius 3 is 1.47 bits per heavy atom. The largest absolute Gasteiger partial charge is 0.393 e. The molecule has 0 amide bonds. The highest BCUT2D eigenvalue weighted by atomic mass is 32.2. The second-order valence-electron chi connectivity index (χ2n) is 5.82. The normalized spacial score (nSPS) is 18.0. The molecule has 0 saturated carbocycles. The van der Waals surface area contributed by atoms with Crippen molar-refractivity contribution >= 4 is 11.8 Å². The van der Waals surface area contributed by atoms with Gasteiger partial charge in [0.05, 0.1) is 12.2 Å². The molecule has 2 N–H and O–H groups in total. The van der Waals surface area contributed by atoms with Crippen LogP contribution in [0.3, 0.4) is 0 Å². The third-order valence-corrected chi connectivity index (χ3v) is 4.77. The summed E-state index contributed by atoms with van der Waals surface area (Å²) >= 11 is 1.90. The first-order valence-corrected chi connectivity index (χ1v) is 8.95. The summed E-state index contributed by atoms with van der Waals surface area (Å²) in [4.78, 5) is 0. The molecular formula is C16H34O2S. The van der Waals surface area contributed by atoms with Crippen molar-refractivity contribution in [3.05, 3.63) is 0 Å². The van der Waals surface area contributed by atoms with Gasteiger partial charge in [-0.2, -0.15) is 11.8 Å². The predicted molar refractivity (Wildman–Crippen MR) is 86.8 cm³/mol. The first kappa shape index (κ1) is 19.3. The van der Waals surface area contributed by atoms with Crippen molar-refractivity contribution in [2.24, 2.45) is 0 Å². The molecule has 4 unspecified atom stereocenters. The van der Waals surface area contributed by atoms with Crippen molar-refractivity contribution in [1.29, 1.82) is 0 Å². The predicted octanol–water partition coefficient (Wildman–Crippen LogP) is 4.38. The fourth-order valence-electron chi connectivity index (χ4n) is 2.39. The van der Waals surface area contributed by atoms with Crippen molar-refractivity contribution in [1.82, 2.24) is 0 Å². The lowest BCUT2D eigenvalue weighted by atomic mass is 10.1. The van der Waals surface area contributed by atoms with Gasteiger partial charge in [-0.05, 0) is 25.7 Å². The number of hydrogen-bond acceptors (Lipinski definition) is 3. The summed E-state index contributed by atoms with van der Waals surface area (Å²) in [7, 11) is 0. The summed E-state index contributed by atoms with van der Waals surface area (Å²) in [5.74, 6) is 0. The van der Waals surface area contributed by atoms with E-state index in [0.717, 1.165) is 51.4 Å². The first-order chi connectivity index (χ1) is 8.99. The van der Waals surface area contributed by atoms with E-state index in [0.29, 0.717) is 10.5 Å². The highest BCUT2D eigenvalue weighted by Crippen LogP contribution is 2.26. The van der Waals surface area contributed by atoms with Crippen molar-refractivity contribution in [2.45, 2.75) is 102 Å². The van der Waals surface area contributed by atoms with Gasteiger partial charge in [-0.15, -0.1) is 0 Å². The molecule has 0 rings (SSSR count). The van der Waals surface area contributed by atoms with E-state index in [1.807, 2.05) is 11.8 Å². The molecule has 0 aromatic heterocycles. The summed E-state index contributed by atoms with van der Waals surface area (Å²) in [6, 6.07) is 0. The van der Waals surface area contributed by atoms with E-state index < -0.39 is 0 Å². The zero-order valence-corrected chi connectivity index (χ0v) is 14.1. The lowest BCUT2D eigenvalue weighted by Crippen LogP contribution is -2.18. The van der Waals surface area contributed by atoms with Gasteiger partial charge >= 0.3 is 0 Å². The van der Waals surface area contributed by atoms with Gasteiger partial charge in [0.15, 0.2) is 0 Å². The SMILES string of the molecule is CCCCC(O)CC(C)SC(C)CC(O)CCCC. The molecule has 0 aromatic rings. The van der Waals surface area contributed by atoms with E-state index in [1.54, 1.807) is 0 Å². The second-order valence-corrected chi connectivity index (χ2v) is 7.70. The van der Waals surface area contributed by atoms with E-state index in [1.165, 1.54) is 0 Å². The van der Waals surface area contributed by atoms with Crippen LogP contribution in [0.5, 0.6) is 0 Å². The number of thioether (sulfide) groups is 1. The Kier molecular flexibility index (Phi) is 12.2. The molecule has 0 bridgehead atoms. The lowest BCUT2D eigenvalue weighted by Gasteiger charge is -2.21. The van der Waals surface area contributed by atoms with E-state index in [-0.39, 0.29) is 12.2 Å². The van der Waals surface area contributed by atoms with Crippen molar-refractivity contribution < 1.29 is 10.2 Å². The third-order valence-electron chi connectivity index (χ3n) is 3.45. The smallest absolute Gasteiger partial charge is 0.0550 e. The Hall–Kier alpha value is 0.270. The molecule has 0 saturated heterocycles. The van der Waals surface area contributed by atoms with E-state index in [9.17, 15) is 10.2 Å². The van der Waals surface area contributed by atoms with Crippen LogP contribution in [-0.4, -0.2) is 32.9 Å². The van der Waals surface area contributed by atoms with Gasteiger partial charge in [0.1, 0.15) is 0 Å². The number of aliphatic hydroxyl groups is 2. The maximum absolute atomic E-state index is 9.90. The van der Waals surface area contributed by atoms with Gasteiger partial charge in [-0.3, -0.25) is 0 Å². The highest BCUT2D eigenvalue weighted by Gasteiger charge is 2.16. The van der Waals surface area contributed by atoms with Gasteiger partial charge < -0.3 is 10.2 Å². The minimum absolute atomic E-state index is 0.153. The van der Waals surface area contributed by atoms with Crippen LogP contribution in [0.25, 0.3) is 0 Å². The summed E-state index contributed by atoms with van der Waals surface area (Å²) < 4.78 is 0. The van der Waals surface area contributed by atoms with E-state index >= 15 is 0 Å². The van der Waals surface area contributed by atoms with Crippen LogP contribution in [0.1, 0.15) is 79.1 Å². The molecule has 0 aromatic carbocycles. The Balaban J connectivity index is 3.75. The van der Waals surface area contributed by atoms with Gasteiger partial charge in [0.25, 0.3) is 0 Å². The van der Waals surface area contributed by atoms with Crippen LogP contribution >= 0.6 is 11.8 Å². The molecule has 0 spiro atoms. The Morgan fingerprint density at radius 1 is 0.789 bits per heavy atom.